The summed E-state index contributed by atoms with van der Waals surface area (Å²) >= 11 is 0. The maximum absolute atomic E-state index is 13.0. The third kappa shape index (κ3) is 6.74. The monoisotopic (exact) mass is 564 g/mol. The predicted octanol–water partition coefficient (Wildman–Crippen LogP) is 1.60. The zero-order valence-corrected chi connectivity index (χ0v) is 19.9. The third-order valence-electron chi connectivity index (χ3n) is 5.33. The van der Waals surface area contributed by atoms with Crippen molar-refractivity contribution in [3.8, 4) is 0 Å². The highest BCUT2D eigenvalue weighted by Crippen LogP contribution is 2.24. The fraction of sp³-hybridized carbons (Fsp3) is 0.273. The van der Waals surface area contributed by atoms with Crippen molar-refractivity contribution in [1.29, 1.82) is 0 Å². The fourth-order valence-corrected chi connectivity index (χ4v) is 4.88. The summed E-state index contributed by atoms with van der Waals surface area (Å²) in [7, 11) is -3.69. The van der Waals surface area contributed by atoms with E-state index in [0.29, 0.717) is 13.1 Å². The molecule has 3 aromatic rings. The Hall–Kier alpha value is -3.79. The number of aromatic amines is 1. The molecule has 16 heteroatoms. The molecule has 2 heterocycles. The number of carboxylic acid groups (broad SMARTS) is 1. The molecule has 1 saturated heterocycles. The standard InChI is InChI=1S/C20H17F3N4O3S.C2HF3O2/c21-20(22,23)18(28)16-12-24-19(25-13-16)26-7-9-27(10-8-26)31(29,30)17-6-5-14-3-1-2-4-15(14)11-17;3-2(4,5)1(6)7/h1-6,11-13H,7-10H2;(H,6,7). The molecule has 1 aliphatic rings. The summed E-state index contributed by atoms with van der Waals surface area (Å²) in [5.74, 6) is -4.72. The Labute approximate surface area is 211 Å². The molecule has 0 amide bonds. The van der Waals surface area contributed by atoms with Crippen LogP contribution in [0.25, 0.3) is 10.8 Å². The molecule has 0 unspecified atom stereocenters. The summed E-state index contributed by atoms with van der Waals surface area (Å²) in [5, 5.41) is 10.6. The molecular formula is C22H18F6N4O5S. The molecule has 204 valence electrons. The number of benzene rings is 2. The van der Waals surface area contributed by atoms with Crippen molar-refractivity contribution < 1.29 is 54.4 Å². The predicted molar refractivity (Wildman–Crippen MR) is 117 cm³/mol. The number of aliphatic carboxylic acids is 1. The first kappa shape index (κ1) is 28.8. The largest absolute Gasteiger partial charge is 0.542 e. The molecule has 2 aromatic carbocycles. The van der Waals surface area contributed by atoms with Crippen molar-refractivity contribution in [2.24, 2.45) is 0 Å². The van der Waals surface area contributed by atoms with Crippen LogP contribution in [0.2, 0.25) is 0 Å². The van der Waals surface area contributed by atoms with E-state index < -0.39 is 39.7 Å². The van der Waals surface area contributed by atoms with Gasteiger partial charge < -0.3 is 9.90 Å². The average molecular weight is 564 g/mol. The molecule has 1 fully saturated rings. The summed E-state index contributed by atoms with van der Waals surface area (Å²) in [6.45, 7) is 0.966. The molecule has 0 aliphatic carbocycles. The molecule has 0 saturated carbocycles. The maximum atomic E-state index is 13.0. The Balaban J connectivity index is 0.000000505. The summed E-state index contributed by atoms with van der Waals surface area (Å²) < 4.78 is 96.5. The molecule has 38 heavy (non-hydrogen) atoms. The van der Waals surface area contributed by atoms with Gasteiger partial charge in [0.05, 0.1) is 29.7 Å². The topological polar surface area (TPSA) is 125 Å². The number of Topliss-reactive ketones (excluding diaryl/α,β-unsaturated/α-hetero) is 1. The van der Waals surface area contributed by atoms with Crippen LogP contribution in [-0.2, 0) is 14.8 Å². The van der Waals surface area contributed by atoms with Crippen molar-refractivity contribution in [2.45, 2.75) is 17.2 Å². The number of carbonyl (C=O) groups excluding carboxylic acids is 2. The van der Waals surface area contributed by atoms with Gasteiger partial charge in [0.15, 0.2) is 0 Å². The highest BCUT2D eigenvalue weighted by Gasteiger charge is 2.40. The molecule has 1 N–H and O–H groups in total. The number of ketones is 1. The van der Waals surface area contributed by atoms with E-state index in [1.165, 1.54) is 4.31 Å². The van der Waals surface area contributed by atoms with Crippen molar-refractivity contribution in [2.75, 3.05) is 31.1 Å². The lowest BCUT2D eigenvalue weighted by Gasteiger charge is -2.30. The second-order valence-electron chi connectivity index (χ2n) is 7.84. The molecule has 4 rings (SSSR count). The zero-order chi connectivity index (χ0) is 28.3. The van der Waals surface area contributed by atoms with E-state index >= 15 is 0 Å². The van der Waals surface area contributed by atoms with Crippen LogP contribution in [-0.4, -0.2) is 68.0 Å². The molecule has 0 radical (unpaired) electrons. The molecule has 1 aromatic heterocycles. The number of aromatic nitrogens is 2. The number of carboxylic acids is 1. The van der Waals surface area contributed by atoms with E-state index in [-0.39, 0.29) is 23.9 Å². The molecule has 9 nitrogen and oxygen atoms in total. The van der Waals surface area contributed by atoms with Crippen LogP contribution in [0.15, 0.2) is 59.8 Å². The fourth-order valence-electron chi connectivity index (χ4n) is 3.43. The summed E-state index contributed by atoms with van der Waals surface area (Å²) in [5.41, 5.74) is -0.589. The minimum Gasteiger partial charge on any atom is -0.542 e. The number of carbonyl (C=O) groups is 2. The highest BCUT2D eigenvalue weighted by molar-refractivity contribution is 7.89. The van der Waals surface area contributed by atoms with Crippen LogP contribution >= 0.6 is 0 Å². The van der Waals surface area contributed by atoms with Gasteiger partial charge in [0.1, 0.15) is 12.2 Å². The van der Waals surface area contributed by atoms with Crippen LogP contribution < -0.4 is 15.0 Å². The number of hydrogen-bond acceptors (Lipinski definition) is 7. The quantitative estimate of drug-likeness (QED) is 0.348. The Morgan fingerprint density at radius 2 is 1.47 bits per heavy atom. The Bertz CT molecular complexity index is 1420. The van der Waals surface area contributed by atoms with Crippen molar-refractivity contribution in [3.63, 3.8) is 0 Å². The number of piperazine rings is 1. The molecule has 0 atom stereocenters. The van der Waals surface area contributed by atoms with Gasteiger partial charge in [-0.1, -0.05) is 35.3 Å². The molecular weight excluding hydrogens is 546 g/mol. The Morgan fingerprint density at radius 3 is 1.97 bits per heavy atom. The lowest BCUT2D eigenvalue weighted by Crippen LogP contribution is -2.50. The summed E-state index contributed by atoms with van der Waals surface area (Å²) in [6.07, 6.45) is -8.35. The van der Waals surface area contributed by atoms with Gasteiger partial charge in [-0.05, 0) is 22.9 Å². The minimum absolute atomic E-state index is 0.188. The Morgan fingerprint density at radius 1 is 0.895 bits per heavy atom. The second-order valence-corrected chi connectivity index (χ2v) is 9.78. The van der Waals surface area contributed by atoms with Gasteiger partial charge in [-0.2, -0.15) is 30.6 Å². The van der Waals surface area contributed by atoms with Crippen LogP contribution in [0.3, 0.4) is 0 Å². The van der Waals surface area contributed by atoms with Gasteiger partial charge >= 0.3 is 18.3 Å². The number of hydrogen-bond donors (Lipinski definition) is 0. The number of halogens is 6. The van der Waals surface area contributed by atoms with E-state index in [9.17, 15) is 39.6 Å². The second kappa shape index (κ2) is 10.9. The molecule has 0 spiro atoms. The molecule has 0 bridgehead atoms. The lowest BCUT2D eigenvalue weighted by atomic mass is 10.1. The number of rotatable bonds is 4. The van der Waals surface area contributed by atoms with E-state index in [0.717, 1.165) is 23.2 Å². The van der Waals surface area contributed by atoms with Gasteiger partial charge in [0, 0.05) is 13.1 Å². The van der Waals surface area contributed by atoms with E-state index in [1.807, 2.05) is 24.3 Å². The first-order valence-electron chi connectivity index (χ1n) is 10.6. The van der Waals surface area contributed by atoms with Crippen molar-refractivity contribution >= 4 is 38.5 Å². The van der Waals surface area contributed by atoms with Crippen LogP contribution in [0.5, 0.6) is 0 Å². The number of alkyl halides is 6. The van der Waals surface area contributed by atoms with Gasteiger partial charge in [0.2, 0.25) is 10.0 Å². The number of fused-ring (bicyclic) bond motifs is 1. The zero-order valence-electron chi connectivity index (χ0n) is 19.1. The van der Waals surface area contributed by atoms with Gasteiger partial charge in [0.25, 0.3) is 5.78 Å². The van der Waals surface area contributed by atoms with Gasteiger partial charge in [-0.3, -0.25) is 9.69 Å². The number of nitrogens with zero attached hydrogens (tertiary/aromatic N) is 3. The number of H-pyrrole nitrogens is 1. The molecule has 1 aliphatic heterocycles. The third-order valence-corrected chi connectivity index (χ3v) is 7.23. The minimum atomic E-state index is -5.19. The average Bonchev–Trinajstić information content (AvgIpc) is 2.87. The highest BCUT2D eigenvalue weighted by atomic mass is 32.2. The van der Waals surface area contributed by atoms with E-state index in [2.05, 4.69) is 9.97 Å². The van der Waals surface area contributed by atoms with E-state index in [1.54, 1.807) is 23.1 Å². The summed E-state index contributed by atoms with van der Waals surface area (Å²) in [4.78, 5) is 28.4. The first-order valence-corrected chi connectivity index (χ1v) is 12.1. The number of anilines is 1. The van der Waals surface area contributed by atoms with Crippen LogP contribution in [0.1, 0.15) is 10.4 Å². The van der Waals surface area contributed by atoms with Crippen LogP contribution in [0, 0.1) is 0 Å². The Kier molecular flexibility index (Phi) is 8.26. The van der Waals surface area contributed by atoms with Gasteiger partial charge in [-0.15, -0.1) is 0 Å². The normalized spacial score (nSPS) is 15.1. The maximum Gasteiger partial charge on any atom is 0.455 e. The van der Waals surface area contributed by atoms with Crippen molar-refractivity contribution in [1.82, 2.24) is 9.29 Å². The smallest absolute Gasteiger partial charge is 0.455 e. The van der Waals surface area contributed by atoms with Crippen LogP contribution in [0.4, 0.5) is 32.3 Å². The van der Waals surface area contributed by atoms with Crippen molar-refractivity contribution in [3.05, 3.63) is 60.4 Å². The summed E-state index contributed by atoms with van der Waals surface area (Å²) in [6, 6.07) is 12.5. The first-order chi connectivity index (χ1) is 17.6. The number of nitrogens with one attached hydrogen (secondary N) is 1. The SMILES string of the molecule is O=C([O-])C(F)(F)F.O=C(c1cnc(N2CCN(S(=O)(=O)c3ccc4ccccc4c3)CC2)[nH+]c1)C(F)(F)F. The lowest BCUT2D eigenvalue weighted by molar-refractivity contribution is -0.368. The number of sulfonamides is 1. The van der Waals surface area contributed by atoms with E-state index in [4.69, 9.17) is 9.90 Å². The van der Waals surface area contributed by atoms with Gasteiger partial charge in [-0.25, -0.2) is 13.4 Å².